The van der Waals surface area contributed by atoms with Crippen molar-refractivity contribution in [2.45, 2.75) is 45.6 Å². The Morgan fingerprint density at radius 1 is 1.32 bits per heavy atom. The summed E-state index contributed by atoms with van der Waals surface area (Å²) in [6.07, 6.45) is 4.18. The first-order valence-electron chi connectivity index (χ1n) is 7.97. The average molecular weight is 304 g/mol. The van der Waals surface area contributed by atoms with E-state index in [1.165, 1.54) is 12.8 Å². The highest BCUT2D eigenvalue weighted by atomic mass is 16.6. The van der Waals surface area contributed by atoms with E-state index in [4.69, 9.17) is 4.74 Å². The van der Waals surface area contributed by atoms with Crippen LogP contribution in [-0.4, -0.2) is 31.2 Å². The van der Waals surface area contributed by atoms with Gasteiger partial charge in [0, 0.05) is 17.3 Å². The molecular weight excluding hydrogens is 280 g/mol. The first-order valence-corrected chi connectivity index (χ1v) is 7.97. The molecule has 1 aromatic carbocycles. The highest BCUT2D eigenvalue weighted by Gasteiger charge is 2.23. The number of rotatable bonds is 7. The van der Waals surface area contributed by atoms with Gasteiger partial charge in [0.1, 0.15) is 6.61 Å². The number of nitrogens with one attached hydrogen (secondary N) is 1. The highest BCUT2D eigenvalue weighted by molar-refractivity contribution is 5.95. The van der Waals surface area contributed by atoms with Crippen molar-refractivity contribution < 1.29 is 14.3 Å². The summed E-state index contributed by atoms with van der Waals surface area (Å²) in [5.74, 6) is -0.0699. The first kappa shape index (κ1) is 16.3. The molecule has 2 amide bonds. The highest BCUT2D eigenvalue weighted by Crippen LogP contribution is 2.19. The molecule has 0 unspecified atom stereocenters. The molecule has 120 valence electrons. The third kappa shape index (κ3) is 4.23. The van der Waals surface area contributed by atoms with Crippen LogP contribution in [0.1, 0.15) is 49.9 Å². The van der Waals surface area contributed by atoms with Gasteiger partial charge < -0.3 is 10.1 Å². The van der Waals surface area contributed by atoms with E-state index in [2.05, 4.69) is 12.2 Å². The summed E-state index contributed by atoms with van der Waals surface area (Å²) in [7, 11) is 0. The molecule has 0 radical (unpaired) electrons. The summed E-state index contributed by atoms with van der Waals surface area (Å²) in [6, 6.07) is 7.23. The maximum Gasteiger partial charge on any atom is 0.414 e. The van der Waals surface area contributed by atoms with Gasteiger partial charge in [0.05, 0.1) is 6.54 Å². The Balaban J connectivity index is 1.89. The Hall–Kier alpha value is -2.04. The maximum absolute atomic E-state index is 12.2. The second-order valence-corrected chi connectivity index (χ2v) is 5.68. The Morgan fingerprint density at radius 3 is 2.64 bits per heavy atom. The van der Waals surface area contributed by atoms with Crippen LogP contribution < -0.4 is 10.2 Å². The van der Waals surface area contributed by atoms with E-state index in [-0.39, 0.29) is 18.0 Å². The normalized spacial score (nSPS) is 15.5. The second kappa shape index (κ2) is 7.82. The SMILES string of the molecule is CCCCC[C@@H](C)NC(=O)c1ccc(N2CCOC2=O)cc1. The van der Waals surface area contributed by atoms with E-state index in [1.807, 2.05) is 6.92 Å². The number of anilines is 1. The standard InChI is InChI=1S/C17H24N2O3/c1-3-4-5-6-13(2)18-16(20)14-7-9-15(10-8-14)19-11-12-22-17(19)21/h7-10,13H,3-6,11-12H2,1-2H3,(H,18,20)/t13-/m1/s1. The Bertz CT molecular complexity index is 513. The lowest BCUT2D eigenvalue weighted by atomic mass is 10.1. The van der Waals surface area contributed by atoms with Crippen molar-refractivity contribution in [1.82, 2.24) is 5.32 Å². The molecule has 1 fully saturated rings. The molecule has 0 saturated carbocycles. The van der Waals surface area contributed by atoms with Crippen molar-refractivity contribution in [1.29, 1.82) is 0 Å². The van der Waals surface area contributed by atoms with Crippen LogP contribution in [0.25, 0.3) is 0 Å². The van der Waals surface area contributed by atoms with Crippen molar-refractivity contribution in [3.05, 3.63) is 29.8 Å². The molecule has 22 heavy (non-hydrogen) atoms. The minimum atomic E-state index is -0.332. The number of hydrogen-bond donors (Lipinski definition) is 1. The zero-order valence-corrected chi connectivity index (χ0v) is 13.3. The summed E-state index contributed by atoms with van der Waals surface area (Å²) < 4.78 is 4.90. The molecule has 2 rings (SSSR count). The molecule has 1 aromatic rings. The minimum absolute atomic E-state index is 0.0699. The van der Waals surface area contributed by atoms with Crippen LogP contribution in [0.4, 0.5) is 10.5 Å². The molecule has 5 nitrogen and oxygen atoms in total. The average Bonchev–Trinajstić information content (AvgIpc) is 2.94. The molecule has 0 aromatic heterocycles. The van der Waals surface area contributed by atoms with Gasteiger partial charge in [-0.25, -0.2) is 4.79 Å². The zero-order chi connectivity index (χ0) is 15.9. The molecule has 5 heteroatoms. The molecule has 1 saturated heterocycles. The number of ether oxygens (including phenoxy) is 1. The summed E-state index contributed by atoms with van der Waals surface area (Å²) in [6.45, 7) is 5.16. The molecule has 1 heterocycles. The minimum Gasteiger partial charge on any atom is -0.447 e. The van der Waals surface area contributed by atoms with Gasteiger partial charge >= 0.3 is 6.09 Å². The number of unbranched alkanes of at least 4 members (excludes halogenated alkanes) is 2. The fraction of sp³-hybridized carbons (Fsp3) is 0.529. The summed E-state index contributed by atoms with van der Waals surface area (Å²) in [5.41, 5.74) is 1.37. The number of carbonyl (C=O) groups is 2. The molecule has 0 bridgehead atoms. The van der Waals surface area contributed by atoms with Crippen molar-refractivity contribution >= 4 is 17.7 Å². The Kier molecular flexibility index (Phi) is 5.81. The summed E-state index contributed by atoms with van der Waals surface area (Å²) >= 11 is 0. The van der Waals surface area contributed by atoms with E-state index in [0.29, 0.717) is 18.7 Å². The van der Waals surface area contributed by atoms with Crippen LogP contribution in [0.5, 0.6) is 0 Å². The Labute approximate surface area is 131 Å². The van der Waals surface area contributed by atoms with E-state index >= 15 is 0 Å². The monoisotopic (exact) mass is 304 g/mol. The van der Waals surface area contributed by atoms with Gasteiger partial charge in [-0.15, -0.1) is 0 Å². The van der Waals surface area contributed by atoms with E-state index in [9.17, 15) is 9.59 Å². The second-order valence-electron chi connectivity index (χ2n) is 5.68. The van der Waals surface area contributed by atoms with Crippen molar-refractivity contribution in [3.63, 3.8) is 0 Å². The van der Waals surface area contributed by atoms with E-state index in [0.717, 1.165) is 18.5 Å². The molecule has 1 N–H and O–H groups in total. The summed E-state index contributed by atoms with van der Waals surface area (Å²) in [4.78, 5) is 25.2. The van der Waals surface area contributed by atoms with Gasteiger partial charge in [-0.2, -0.15) is 0 Å². The third-order valence-electron chi connectivity index (χ3n) is 3.82. The molecule has 1 aliphatic heterocycles. The van der Waals surface area contributed by atoms with Crippen LogP contribution in [0, 0.1) is 0 Å². The fourth-order valence-electron chi connectivity index (χ4n) is 2.50. The van der Waals surface area contributed by atoms with E-state index in [1.54, 1.807) is 29.2 Å². The van der Waals surface area contributed by atoms with Gasteiger partial charge in [-0.05, 0) is 37.6 Å². The number of cyclic esters (lactones) is 1. The van der Waals surface area contributed by atoms with Crippen molar-refractivity contribution in [3.8, 4) is 0 Å². The van der Waals surface area contributed by atoms with Gasteiger partial charge in [0.15, 0.2) is 0 Å². The number of nitrogens with zero attached hydrogens (tertiary/aromatic N) is 1. The topological polar surface area (TPSA) is 58.6 Å². The fourth-order valence-corrected chi connectivity index (χ4v) is 2.50. The lowest BCUT2D eigenvalue weighted by Gasteiger charge is -2.15. The molecule has 1 atom stereocenters. The number of benzene rings is 1. The lowest BCUT2D eigenvalue weighted by Crippen LogP contribution is -2.32. The largest absolute Gasteiger partial charge is 0.447 e. The first-order chi connectivity index (χ1) is 10.6. The van der Waals surface area contributed by atoms with Gasteiger partial charge in [-0.1, -0.05) is 26.2 Å². The number of carbonyl (C=O) groups excluding carboxylic acids is 2. The van der Waals surface area contributed by atoms with Gasteiger partial charge in [0.25, 0.3) is 5.91 Å². The van der Waals surface area contributed by atoms with Crippen molar-refractivity contribution in [2.24, 2.45) is 0 Å². The zero-order valence-electron chi connectivity index (χ0n) is 13.3. The molecule has 0 aliphatic carbocycles. The van der Waals surface area contributed by atoms with Gasteiger partial charge in [0.2, 0.25) is 0 Å². The van der Waals surface area contributed by atoms with Crippen LogP contribution in [0.2, 0.25) is 0 Å². The molecular formula is C17H24N2O3. The predicted molar refractivity (Wildman–Crippen MR) is 86.2 cm³/mol. The van der Waals surface area contributed by atoms with Crippen LogP contribution in [-0.2, 0) is 4.74 Å². The number of hydrogen-bond acceptors (Lipinski definition) is 3. The van der Waals surface area contributed by atoms with Crippen LogP contribution >= 0.6 is 0 Å². The Morgan fingerprint density at radius 2 is 2.05 bits per heavy atom. The number of amides is 2. The van der Waals surface area contributed by atoms with Crippen LogP contribution in [0.3, 0.4) is 0 Å². The molecule has 1 aliphatic rings. The van der Waals surface area contributed by atoms with Gasteiger partial charge in [-0.3, -0.25) is 9.69 Å². The van der Waals surface area contributed by atoms with Crippen LogP contribution in [0.15, 0.2) is 24.3 Å². The third-order valence-corrected chi connectivity index (χ3v) is 3.82. The maximum atomic E-state index is 12.2. The molecule has 0 spiro atoms. The predicted octanol–water partition coefficient (Wildman–Crippen LogP) is 3.34. The lowest BCUT2D eigenvalue weighted by molar-refractivity contribution is 0.0938. The smallest absolute Gasteiger partial charge is 0.414 e. The quantitative estimate of drug-likeness (QED) is 0.786. The van der Waals surface area contributed by atoms with Crippen molar-refractivity contribution in [2.75, 3.05) is 18.1 Å². The van der Waals surface area contributed by atoms with E-state index < -0.39 is 0 Å². The summed E-state index contributed by atoms with van der Waals surface area (Å²) in [5, 5.41) is 3.01.